The standard InChI is InChI=1S/C6H12N4O2S/c1-8-13(11,12)5-4-10-3-2-6(7)9-10/h2-3,8H,4-5H2,1H3,(H2,7,9). The van der Waals surface area contributed by atoms with E-state index in [1.54, 1.807) is 12.3 Å². The van der Waals surface area contributed by atoms with Gasteiger partial charge in [0.2, 0.25) is 10.0 Å². The Morgan fingerprint density at radius 1 is 1.69 bits per heavy atom. The largest absolute Gasteiger partial charge is 0.382 e. The van der Waals surface area contributed by atoms with E-state index < -0.39 is 10.0 Å². The van der Waals surface area contributed by atoms with Crippen molar-refractivity contribution in [2.24, 2.45) is 0 Å². The third-order valence-corrected chi connectivity index (χ3v) is 2.90. The Bertz CT molecular complexity index is 370. The zero-order valence-electron chi connectivity index (χ0n) is 7.27. The van der Waals surface area contributed by atoms with Crippen LogP contribution in [-0.4, -0.2) is 31.0 Å². The van der Waals surface area contributed by atoms with Crippen LogP contribution in [0.3, 0.4) is 0 Å². The van der Waals surface area contributed by atoms with Gasteiger partial charge in [-0.2, -0.15) is 5.10 Å². The van der Waals surface area contributed by atoms with Crippen LogP contribution in [0.2, 0.25) is 0 Å². The van der Waals surface area contributed by atoms with Gasteiger partial charge in [0.15, 0.2) is 0 Å². The molecule has 0 aromatic carbocycles. The van der Waals surface area contributed by atoms with Crippen LogP contribution < -0.4 is 10.5 Å². The van der Waals surface area contributed by atoms with Crippen LogP contribution >= 0.6 is 0 Å². The van der Waals surface area contributed by atoms with Crippen molar-refractivity contribution in [3.63, 3.8) is 0 Å². The number of anilines is 1. The van der Waals surface area contributed by atoms with Gasteiger partial charge in [-0.3, -0.25) is 4.68 Å². The lowest BCUT2D eigenvalue weighted by molar-refractivity contribution is 0.574. The van der Waals surface area contributed by atoms with Crippen LogP contribution in [0.4, 0.5) is 5.82 Å². The summed E-state index contributed by atoms with van der Waals surface area (Å²) >= 11 is 0. The maximum absolute atomic E-state index is 11.0. The van der Waals surface area contributed by atoms with Crippen LogP contribution in [0.1, 0.15) is 0 Å². The second-order valence-electron chi connectivity index (χ2n) is 2.53. The fraction of sp³-hybridized carbons (Fsp3) is 0.500. The smallest absolute Gasteiger partial charge is 0.213 e. The summed E-state index contributed by atoms with van der Waals surface area (Å²) in [6.07, 6.45) is 1.64. The molecule has 0 atom stereocenters. The van der Waals surface area contributed by atoms with Crippen molar-refractivity contribution in [2.45, 2.75) is 6.54 Å². The van der Waals surface area contributed by atoms with Gasteiger partial charge in [0.05, 0.1) is 12.3 Å². The van der Waals surface area contributed by atoms with E-state index in [2.05, 4.69) is 9.82 Å². The molecule has 1 heterocycles. The Morgan fingerprint density at radius 3 is 2.85 bits per heavy atom. The summed E-state index contributed by atoms with van der Waals surface area (Å²) < 4.78 is 25.7. The first-order valence-corrected chi connectivity index (χ1v) is 5.39. The zero-order chi connectivity index (χ0) is 9.90. The van der Waals surface area contributed by atoms with Gasteiger partial charge in [0.1, 0.15) is 5.82 Å². The predicted octanol–water partition coefficient (Wildman–Crippen LogP) is -0.985. The Labute approximate surface area is 76.8 Å². The van der Waals surface area contributed by atoms with Crippen molar-refractivity contribution >= 4 is 15.8 Å². The molecule has 74 valence electrons. The van der Waals surface area contributed by atoms with Crippen molar-refractivity contribution in [1.82, 2.24) is 14.5 Å². The number of rotatable bonds is 4. The molecule has 1 aromatic rings. The second-order valence-corrected chi connectivity index (χ2v) is 4.57. The van der Waals surface area contributed by atoms with Gasteiger partial charge in [0, 0.05) is 6.20 Å². The number of aryl methyl sites for hydroxylation is 1. The van der Waals surface area contributed by atoms with E-state index in [9.17, 15) is 8.42 Å². The molecule has 0 aliphatic carbocycles. The molecule has 0 radical (unpaired) electrons. The summed E-state index contributed by atoms with van der Waals surface area (Å²) in [6.45, 7) is 0.306. The SMILES string of the molecule is CNS(=O)(=O)CCn1ccc(N)n1. The first-order chi connectivity index (χ1) is 6.03. The van der Waals surface area contributed by atoms with Crippen LogP contribution in [0, 0.1) is 0 Å². The lowest BCUT2D eigenvalue weighted by atomic mass is 10.7. The van der Waals surface area contributed by atoms with E-state index in [1.807, 2.05) is 0 Å². The van der Waals surface area contributed by atoms with E-state index in [1.165, 1.54) is 11.7 Å². The Hall–Kier alpha value is -1.08. The first-order valence-electron chi connectivity index (χ1n) is 3.73. The van der Waals surface area contributed by atoms with E-state index in [0.29, 0.717) is 12.4 Å². The van der Waals surface area contributed by atoms with Crippen molar-refractivity contribution in [3.8, 4) is 0 Å². The molecule has 7 heteroatoms. The molecule has 0 aliphatic rings. The highest BCUT2D eigenvalue weighted by Crippen LogP contribution is 1.96. The number of nitrogens with one attached hydrogen (secondary N) is 1. The van der Waals surface area contributed by atoms with Crippen molar-refractivity contribution in [1.29, 1.82) is 0 Å². The molecular weight excluding hydrogens is 192 g/mol. The summed E-state index contributed by atoms with van der Waals surface area (Å²) in [5.74, 6) is 0.395. The Morgan fingerprint density at radius 2 is 2.38 bits per heavy atom. The molecule has 0 unspecified atom stereocenters. The first kappa shape index (κ1) is 10.0. The monoisotopic (exact) mass is 204 g/mol. The number of sulfonamides is 1. The van der Waals surface area contributed by atoms with E-state index in [4.69, 9.17) is 5.73 Å². The normalized spacial score (nSPS) is 11.8. The van der Waals surface area contributed by atoms with E-state index >= 15 is 0 Å². The van der Waals surface area contributed by atoms with Crippen LogP contribution in [0.15, 0.2) is 12.3 Å². The fourth-order valence-electron chi connectivity index (χ4n) is 0.818. The minimum Gasteiger partial charge on any atom is -0.382 e. The molecule has 1 aromatic heterocycles. The van der Waals surface area contributed by atoms with Gasteiger partial charge in [0.25, 0.3) is 0 Å². The van der Waals surface area contributed by atoms with Gasteiger partial charge in [-0.25, -0.2) is 13.1 Å². The molecule has 0 fully saturated rings. The molecule has 0 spiro atoms. The molecule has 13 heavy (non-hydrogen) atoms. The van der Waals surface area contributed by atoms with E-state index in [-0.39, 0.29) is 5.75 Å². The van der Waals surface area contributed by atoms with Crippen molar-refractivity contribution < 1.29 is 8.42 Å². The second kappa shape index (κ2) is 3.75. The van der Waals surface area contributed by atoms with E-state index in [0.717, 1.165) is 0 Å². The lowest BCUT2D eigenvalue weighted by Gasteiger charge is -2.01. The molecule has 6 nitrogen and oxygen atoms in total. The number of nitrogens with two attached hydrogens (primary N) is 1. The highest BCUT2D eigenvalue weighted by Gasteiger charge is 2.06. The summed E-state index contributed by atoms with van der Waals surface area (Å²) in [5, 5.41) is 3.85. The number of hydrogen-bond acceptors (Lipinski definition) is 4. The van der Waals surface area contributed by atoms with Crippen molar-refractivity contribution in [3.05, 3.63) is 12.3 Å². The average Bonchev–Trinajstić information content (AvgIpc) is 2.48. The maximum atomic E-state index is 11.0. The molecular formula is C6H12N4O2S. The topological polar surface area (TPSA) is 90.0 Å². The summed E-state index contributed by atoms with van der Waals surface area (Å²) in [6, 6.07) is 1.62. The van der Waals surface area contributed by atoms with Crippen LogP contribution in [-0.2, 0) is 16.6 Å². The van der Waals surface area contributed by atoms with Gasteiger partial charge >= 0.3 is 0 Å². The summed E-state index contributed by atoms with van der Waals surface area (Å²) in [4.78, 5) is 0. The molecule has 0 bridgehead atoms. The third kappa shape index (κ3) is 3.03. The van der Waals surface area contributed by atoms with Crippen LogP contribution in [0.5, 0.6) is 0 Å². The number of nitrogens with zero attached hydrogens (tertiary/aromatic N) is 2. The minimum absolute atomic E-state index is 0.00458. The molecule has 0 saturated carbocycles. The van der Waals surface area contributed by atoms with Crippen LogP contribution in [0.25, 0.3) is 0 Å². The van der Waals surface area contributed by atoms with Crippen molar-refractivity contribution in [2.75, 3.05) is 18.5 Å². The molecule has 1 rings (SSSR count). The predicted molar refractivity (Wildman–Crippen MR) is 49.5 cm³/mol. The minimum atomic E-state index is -3.16. The summed E-state index contributed by atoms with van der Waals surface area (Å²) in [5.41, 5.74) is 5.35. The fourth-order valence-corrected chi connectivity index (χ4v) is 1.45. The number of nitrogen functional groups attached to an aromatic ring is 1. The number of hydrogen-bond donors (Lipinski definition) is 2. The third-order valence-electron chi connectivity index (χ3n) is 1.56. The molecule has 0 amide bonds. The highest BCUT2D eigenvalue weighted by atomic mass is 32.2. The molecule has 0 aliphatic heterocycles. The molecule has 0 saturated heterocycles. The van der Waals surface area contributed by atoms with Gasteiger partial charge in [-0.05, 0) is 13.1 Å². The van der Waals surface area contributed by atoms with Gasteiger partial charge in [-0.15, -0.1) is 0 Å². The number of aromatic nitrogens is 2. The molecule has 3 N–H and O–H groups in total. The quantitative estimate of drug-likeness (QED) is 0.659. The van der Waals surface area contributed by atoms with Gasteiger partial charge < -0.3 is 5.73 Å². The highest BCUT2D eigenvalue weighted by molar-refractivity contribution is 7.89. The summed E-state index contributed by atoms with van der Waals surface area (Å²) in [7, 11) is -1.78. The Kier molecular flexibility index (Phi) is 2.89. The zero-order valence-corrected chi connectivity index (χ0v) is 8.08. The Balaban J connectivity index is 2.53. The lowest BCUT2D eigenvalue weighted by Crippen LogP contribution is -2.24. The average molecular weight is 204 g/mol. The maximum Gasteiger partial charge on any atom is 0.213 e. The van der Waals surface area contributed by atoms with Gasteiger partial charge in [-0.1, -0.05) is 0 Å².